The van der Waals surface area contributed by atoms with Gasteiger partial charge < -0.3 is 25.7 Å². The molecule has 5 N–H and O–H groups in total. The number of piperidine rings is 1. The van der Waals surface area contributed by atoms with E-state index < -0.39 is 23.9 Å². The van der Waals surface area contributed by atoms with Gasteiger partial charge in [0.2, 0.25) is 0 Å². The third kappa shape index (κ3) is 3.39. The Bertz CT molecular complexity index is 227. The molecule has 1 aliphatic rings. The zero-order valence-corrected chi connectivity index (χ0v) is 10.5. The van der Waals surface area contributed by atoms with Gasteiger partial charge >= 0.3 is 0 Å². The smallest absolute Gasteiger partial charge is 0.109 e. The number of unbranched alkanes of at least 4 members (excludes halogenated alkanes) is 3. The maximum atomic E-state index is 9.98. The monoisotopic (exact) mass is 247 g/mol. The zero-order valence-electron chi connectivity index (χ0n) is 10.5. The highest BCUT2D eigenvalue weighted by molar-refractivity contribution is 5.04. The molecule has 4 atom stereocenters. The Morgan fingerprint density at radius 2 is 1.88 bits per heavy atom. The number of aliphatic hydroxyl groups is 4. The number of hydrogen-bond donors (Lipinski definition) is 5. The molecule has 5 heteroatoms. The first-order chi connectivity index (χ1) is 8.07. The summed E-state index contributed by atoms with van der Waals surface area (Å²) in [5.41, 5.74) is -0.869. The van der Waals surface area contributed by atoms with E-state index >= 15 is 0 Å². The molecule has 0 aromatic heterocycles. The van der Waals surface area contributed by atoms with Crippen molar-refractivity contribution < 1.29 is 20.4 Å². The van der Waals surface area contributed by atoms with Crippen LogP contribution >= 0.6 is 0 Å². The van der Waals surface area contributed by atoms with Crippen LogP contribution in [0.3, 0.4) is 0 Å². The normalized spacial score (nSPS) is 38.3. The van der Waals surface area contributed by atoms with Crippen LogP contribution in [0.25, 0.3) is 0 Å². The molecule has 17 heavy (non-hydrogen) atoms. The molecule has 1 fully saturated rings. The number of β-amino-alcohol motifs (C(OH)–C–C–N with tert-alkyl or cyclic N) is 1. The quantitative estimate of drug-likeness (QED) is 0.403. The summed E-state index contributed by atoms with van der Waals surface area (Å²) in [6.07, 6.45) is 1.51. The van der Waals surface area contributed by atoms with E-state index in [0.29, 0.717) is 6.42 Å². The molecule has 1 aliphatic heterocycles. The molecule has 0 radical (unpaired) electrons. The van der Waals surface area contributed by atoms with Gasteiger partial charge in [0, 0.05) is 6.54 Å². The molecule has 0 aromatic carbocycles. The first-order valence-corrected chi connectivity index (χ1v) is 6.47. The van der Waals surface area contributed by atoms with Gasteiger partial charge in [0.15, 0.2) is 0 Å². The summed E-state index contributed by atoms with van der Waals surface area (Å²) >= 11 is 0. The van der Waals surface area contributed by atoms with Gasteiger partial charge in [-0.05, 0) is 6.42 Å². The summed E-state index contributed by atoms with van der Waals surface area (Å²) in [5.74, 6) is 0. The lowest BCUT2D eigenvalue weighted by Gasteiger charge is -2.45. The van der Waals surface area contributed by atoms with E-state index in [1.807, 2.05) is 0 Å². The molecule has 1 saturated heterocycles. The summed E-state index contributed by atoms with van der Waals surface area (Å²) < 4.78 is 0. The fourth-order valence-corrected chi connectivity index (χ4v) is 2.40. The highest BCUT2D eigenvalue weighted by Crippen LogP contribution is 2.26. The number of nitrogens with one attached hydrogen (secondary N) is 1. The lowest BCUT2D eigenvalue weighted by molar-refractivity contribution is -0.135. The first-order valence-electron chi connectivity index (χ1n) is 6.47. The molecule has 1 heterocycles. The maximum Gasteiger partial charge on any atom is 0.109 e. The molecule has 0 spiro atoms. The van der Waals surface area contributed by atoms with Crippen LogP contribution in [0.15, 0.2) is 0 Å². The topological polar surface area (TPSA) is 93.0 Å². The molecule has 1 rings (SSSR count). The Morgan fingerprint density at radius 1 is 1.18 bits per heavy atom. The van der Waals surface area contributed by atoms with Crippen molar-refractivity contribution in [2.75, 3.05) is 13.2 Å². The van der Waals surface area contributed by atoms with E-state index in [4.69, 9.17) is 0 Å². The van der Waals surface area contributed by atoms with E-state index in [0.717, 1.165) is 25.7 Å². The van der Waals surface area contributed by atoms with E-state index in [9.17, 15) is 20.4 Å². The van der Waals surface area contributed by atoms with Crippen LogP contribution < -0.4 is 5.32 Å². The molecule has 0 bridgehead atoms. The Kier molecular flexibility index (Phi) is 5.82. The van der Waals surface area contributed by atoms with Crippen LogP contribution in [0.2, 0.25) is 0 Å². The van der Waals surface area contributed by atoms with Crippen molar-refractivity contribution in [2.45, 2.75) is 62.9 Å². The van der Waals surface area contributed by atoms with E-state index in [-0.39, 0.29) is 13.2 Å². The molecule has 0 amide bonds. The number of aliphatic hydroxyl groups excluding tert-OH is 4. The van der Waals surface area contributed by atoms with Crippen LogP contribution in [-0.2, 0) is 0 Å². The molecule has 102 valence electrons. The highest BCUT2D eigenvalue weighted by Gasteiger charge is 2.46. The standard InChI is InChI=1S/C12H25NO4/c1-2-3-4-5-6-12(8-14)11(17)10(16)9(15)7-13-12/h9-11,13-17H,2-8H2,1H3/t9-,10+,11-,12+/m0/s1. The molecule has 0 unspecified atom stereocenters. The second-order valence-corrected chi connectivity index (χ2v) is 5.01. The van der Waals surface area contributed by atoms with Crippen LogP contribution in [0.4, 0.5) is 0 Å². The van der Waals surface area contributed by atoms with E-state index in [1.165, 1.54) is 0 Å². The average Bonchev–Trinajstić information content (AvgIpc) is 2.35. The lowest BCUT2D eigenvalue weighted by Crippen LogP contribution is -2.69. The van der Waals surface area contributed by atoms with Gasteiger partial charge in [-0.2, -0.15) is 0 Å². The minimum absolute atomic E-state index is 0.201. The third-order valence-electron chi connectivity index (χ3n) is 3.71. The number of rotatable bonds is 6. The predicted molar refractivity (Wildman–Crippen MR) is 64.6 cm³/mol. The summed E-state index contributed by atoms with van der Waals surface area (Å²) in [5, 5.41) is 41.5. The molecule has 5 nitrogen and oxygen atoms in total. The van der Waals surface area contributed by atoms with Gasteiger partial charge in [-0.3, -0.25) is 0 Å². The van der Waals surface area contributed by atoms with Gasteiger partial charge in [0.25, 0.3) is 0 Å². The predicted octanol–water partition coefficient (Wildman–Crippen LogP) is -0.626. The lowest BCUT2D eigenvalue weighted by atomic mass is 9.79. The summed E-state index contributed by atoms with van der Waals surface area (Å²) in [4.78, 5) is 0. The molecular weight excluding hydrogens is 222 g/mol. The average molecular weight is 247 g/mol. The molecule has 0 aromatic rings. The fraction of sp³-hybridized carbons (Fsp3) is 1.00. The minimum atomic E-state index is -1.19. The van der Waals surface area contributed by atoms with Crippen molar-refractivity contribution in [1.29, 1.82) is 0 Å². The SMILES string of the molecule is CCCCCC[C@]1(CO)NC[C@H](O)[C@@H](O)[C@@H]1O. The fourth-order valence-electron chi connectivity index (χ4n) is 2.40. The summed E-state index contributed by atoms with van der Waals surface area (Å²) in [6, 6.07) is 0. The number of hydrogen-bond acceptors (Lipinski definition) is 5. The van der Waals surface area contributed by atoms with Crippen molar-refractivity contribution in [3.05, 3.63) is 0 Å². The summed E-state index contributed by atoms with van der Waals surface area (Å²) in [7, 11) is 0. The first kappa shape index (κ1) is 14.9. The summed E-state index contributed by atoms with van der Waals surface area (Å²) in [6.45, 7) is 2.09. The minimum Gasteiger partial charge on any atom is -0.394 e. The second kappa shape index (κ2) is 6.66. The van der Waals surface area contributed by atoms with Gasteiger partial charge in [0.1, 0.15) is 12.2 Å². The van der Waals surface area contributed by atoms with Crippen molar-refractivity contribution in [3.8, 4) is 0 Å². The Balaban J connectivity index is 2.54. The van der Waals surface area contributed by atoms with Crippen molar-refractivity contribution >= 4 is 0 Å². The van der Waals surface area contributed by atoms with Gasteiger partial charge in [-0.25, -0.2) is 0 Å². The highest BCUT2D eigenvalue weighted by atomic mass is 16.4. The van der Waals surface area contributed by atoms with E-state index in [1.54, 1.807) is 0 Å². The van der Waals surface area contributed by atoms with Crippen LogP contribution in [0, 0.1) is 0 Å². The Labute approximate surface area is 102 Å². The second-order valence-electron chi connectivity index (χ2n) is 5.01. The Hall–Kier alpha value is -0.200. The van der Waals surface area contributed by atoms with E-state index in [2.05, 4.69) is 12.2 Å². The maximum absolute atomic E-state index is 9.98. The van der Waals surface area contributed by atoms with Crippen LogP contribution in [0.5, 0.6) is 0 Å². The van der Waals surface area contributed by atoms with Crippen molar-refractivity contribution in [1.82, 2.24) is 5.32 Å². The molecule has 0 aliphatic carbocycles. The largest absolute Gasteiger partial charge is 0.394 e. The van der Waals surface area contributed by atoms with Crippen molar-refractivity contribution in [2.24, 2.45) is 0 Å². The van der Waals surface area contributed by atoms with Gasteiger partial charge in [-0.1, -0.05) is 32.6 Å². The zero-order chi connectivity index (χ0) is 12.9. The van der Waals surface area contributed by atoms with Gasteiger partial charge in [-0.15, -0.1) is 0 Å². The third-order valence-corrected chi connectivity index (χ3v) is 3.71. The van der Waals surface area contributed by atoms with Crippen LogP contribution in [-0.4, -0.2) is 57.4 Å². The molecular formula is C12H25NO4. The Morgan fingerprint density at radius 3 is 2.47 bits per heavy atom. The van der Waals surface area contributed by atoms with Gasteiger partial charge in [0.05, 0.1) is 18.2 Å². The van der Waals surface area contributed by atoms with Crippen LogP contribution in [0.1, 0.15) is 39.0 Å². The van der Waals surface area contributed by atoms with Crippen molar-refractivity contribution in [3.63, 3.8) is 0 Å². The molecule has 0 saturated carbocycles.